The number of carboxylic acids is 1. The maximum Gasteiger partial charge on any atom is 0.386 e. The quantitative estimate of drug-likeness (QED) is 0.462. The van der Waals surface area contributed by atoms with Crippen LogP contribution >= 0.6 is 0 Å². The van der Waals surface area contributed by atoms with E-state index in [9.17, 15) is 9.90 Å². The van der Waals surface area contributed by atoms with Gasteiger partial charge in [-0.15, -0.1) is 0 Å². The number of hydrogen-bond donors (Lipinski definition) is 0. The number of carbonyl (C=O) groups is 1. The summed E-state index contributed by atoms with van der Waals surface area (Å²) in [5.41, 5.74) is 0. The van der Waals surface area contributed by atoms with E-state index >= 15 is 0 Å². The van der Waals surface area contributed by atoms with Gasteiger partial charge in [0.15, 0.2) is 25.2 Å². The zero-order valence-electron chi connectivity index (χ0n) is 6.66. The molecule has 0 N–H and O–H groups in total. The zero-order valence-corrected chi connectivity index (χ0v) is 6.66. The Morgan fingerprint density at radius 1 is 1.73 bits per heavy atom. The van der Waals surface area contributed by atoms with Crippen LogP contribution in [-0.4, -0.2) is 35.6 Å². The molecule has 0 fully saturated rings. The maximum absolute atomic E-state index is 10.4. The van der Waals surface area contributed by atoms with Crippen molar-refractivity contribution in [3.8, 4) is 0 Å². The smallest absolute Gasteiger partial charge is 0.386 e. The van der Waals surface area contributed by atoms with Crippen molar-refractivity contribution in [2.24, 2.45) is 0 Å². The maximum atomic E-state index is 10.4. The van der Waals surface area contributed by atoms with Gasteiger partial charge in [0.2, 0.25) is 0 Å². The average molecular weight is 157 g/mol. The Labute approximate surface area is 65.1 Å². The zero-order chi connectivity index (χ0) is 8.43. The van der Waals surface area contributed by atoms with E-state index in [0.717, 1.165) is 0 Å². The molecule has 0 amide bonds. The largest absolute Gasteiger partial charge is 0.537 e. The molecule has 1 rings (SSSR count). The minimum Gasteiger partial charge on any atom is -0.537 e. The Bertz CT molecular complexity index is 208. The summed E-state index contributed by atoms with van der Waals surface area (Å²) < 4.78 is 6.54. The molecule has 0 saturated carbocycles. The van der Waals surface area contributed by atoms with Crippen LogP contribution in [0.15, 0.2) is 0 Å². The van der Waals surface area contributed by atoms with E-state index in [1.165, 1.54) is 0 Å². The highest BCUT2D eigenvalue weighted by molar-refractivity contribution is 6.28. The first kappa shape index (κ1) is 8.04. The van der Waals surface area contributed by atoms with Crippen molar-refractivity contribution in [1.82, 2.24) is 0 Å². The number of ether oxygens (including phenoxy) is 1. The second-order valence-corrected chi connectivity index (χ2v) is 2.73. The summed E-state index contributed by atoms with van der Waals surface area (Å²) in [4.78, 5) is 10.4. The molecule has 0 aromatic rings. The molecule has 0 spiro atoms. The fraction of sp³-hybridized carbons (Fsp3) is 0.714. The number of rotatable bonds is 2. The minimum atomic E-state index is -1.23. The second-order valence-electron chi connectivity index (χ2n) is 2.73. The third-order valence-corrected chi connectivity index (χ3v) is 1.63. The van der Waals surface area contributed by atoms with Crippen LogP contribution in [0.5, 0.6) is 0 Å². The second kappa shape index (κ2) is 2.90. The van der Waals surface area contributed by atoms with Crippen LogP contribution in [0.4, 0.5) is 0 Å². The first-order valence-electron chi connectivity index (χ1n) is 3.60. The lowest BCUT2D eigenvalue weighted by atomic mass is 10.3. The average Bonchev–Trinajstić information content (AvgIpc) is 2.32. The molecular formula is C7H11NO3. The summed E-state index contributed by atoms with van der Waals surface area (Å²) in [6, 6.07) is 0.158. The van der Waals surface area contributed by atoms with Crippen molar-refractivity contribution in [3.63, 3.8) is 0 Å². The van der Waals surface area contributed by atoms with Crippen LogP contribution < -0.4 is 5.11 Å². The number of aliphatic carboxylic acids is 1. The molecular weight excluding hydrogens is 146 g/mol. The molecule has 1 heterocycles. The van der Waals surface area contributed by atoms with Gasteiger partial charge in [0.25, 0.3) is 0 Å². The fourth-order valence-corrected chi connectivity index (χ4v) is 1.09. The molecule has 0 aromatic heterocycles. The van der Waals surface area contributed by atoms with E-state index < -0.39 is 5.97 Å². The highest BCUT2D eigenvalue weighted by Gasteiger charge is 2.27. The molecule has 0 atom stereocenters. The molecule has 1 aliphatic heterocycles. The van der Waals surface area contributed by atoms with E-state index in [1.807, 2.05) is 13.8 Å². The normalized spacial score (nSPS) is 17.4. The van der Waals surface area contributed by atoms with Gasteiger partial charge in [-0.3, -0.25) is 0 Å². The number of carboxylic acid groups (broad SMARTS) is 1. The molecule has 0 aliphatic carbocycles. The highest BCUT2D eigenvalue weighted by atomic mass is 16.5. The molecule has 0 bridgehead atoms. The molecule has 62 valence electrons. The van der Waals surface area contributed by atoms with Gasteiger partial charge in [0, 0.05) is 0 Å². The Morgan fingerprint density at radius 3 is 2.73 bits per heavy atom. The monoisotopic (exact) mass is 157 g/mol. The summed E-state index contributed by atoms with van der Waals surface area (Å²) in [6.45, 7) is 4.91. The predicted molar refractivity (Wildman–Crippen MR) is 36.2 cm³/mol. The SMILES string of the molecule is CC(C)[N+]1=C(C(=O)[O-])OCC1. The van der Waals surface area contributed by atoms with Crippen LogP contribution in [0.2, 0.25) is 0 Å². The van der Waals surface area contributed by atoms with E-state index in [4.69, 9.17) is 4.74 Å². The standard InChI is InChI=1S/C7H11NO3/c1-5(2)8-3-4-11-6(8)7(9)10/h5H,3-4H2,1-2H3. The van der Waals surface area contributed by atoms with E-state index in [2.05, 4.69) is 0 Å². The molecule has 0 aromatic carbocycles. The third-order valence-electron chi connectivity index (χ3n) is 1.63. The van der Waals surface area contributed by atoms with E-state index in [1.54, 1.807) is 4.58 Å². The molecule has 1 aliphatic rings. The topological polar surface area (TPSA) is 52.4 Å². The lowest BCUT2D eigenvalue weighted by Gasteiger charge is -2.02. The van der Waals surface area contributed by atoms with E-state index in [-0.39, 0.29) is 11.9 Å². The molecule has 4 nitrogen and oxygen atoms in total. The van der Waals surface area contributed by atoms with Crippen molar-refractivity contribution in [1.29, 1.82) is 0 Å². The summed E-state index contributed by atoms with van der Waals surface area (Å²) >= 11 is 0. The van der Waals surface area contributed by atoms with Gasteiger partial charge in [-0.2, -0.15) is 4.58 Å². The van der Waals surface area contributed by atoms with Crippen LogP contribution in [0.3, 0.4) is 0 Å². The van der Waals surface area contributed by atoms with Gasteiger partial charge in [-0.05, 0) is 13.8 Å². The number of carbonyl (C=O) groups excluding carboxylic acids is 1. The van der Waals surface area contributed by atoms with Gasteiger partial charge < -0.3 is 14.6 Å². The molecule has 0 radical (unpaired) electrons. The van der Waals surface area contributed by atoms with Gasteiger partial charge in [0.05, 0.1) is 0 Å². The Kier molecular flexibility index (Phi) is 2.12. The van der Waals surface area contributed by atoms with Crippen molar-refractivity contribution in [3.05, 3.63) is 0 Å². The van der Waals surface area contributed by atoms with Gasteiger partial charge in [0.1, 0.15) is 0 Å². The predicted octanol–water partition coefficient (Wildman–Crippen LogP) is -1.41. The Hall–Kier alpha value is -1.06. The van der Waals surface area contributed by atoms with Crippen molar-refractivity contribution >= 4 is 11.9 Å². The summed E-state index contributed by atoms with van der Waals surface area (Å²) in [7, 11) is 0. The Balaban J connectivity index is 2.86. The molecule has 11 heavy (non-hydrogen) atoms. The molecule has 0 unspecified atom stereocenters. The van der Waals surface area contributed by atoms with Crippen LogP contribution in [0.25, 0.3) is 0 Å². The lowest BCUT2D eigenvalue weighted by Crippen LogP contribution is -2.38. The van der Waals surface area contributed by atoms with Crippen LogP contribution in [-0.2, 0) is 9.53 Å². The van der Waals surface area contributed by atoms with Gasteiger partial charge in [-0.25, -0.2) is 0 Å². The Morgan fingerprint density at radius 2 is 2.36 bits per heavy atom. The van der Waals surface area contributed by atoms with Gasteiger partial charge in [-0.1, -0.05) is 0 Å². The first-order valence-corrected chi connectivity index (χ1v) is 3.60. The number of nitrogens with zero attached hydrogens (tertiary/aromatic N) is 1. The summed E-state index contributed by atoms with van der Waals surface area (Å²) in [5, 5.41) is 10.4. The molecule has 0 saturated heterocycles. The van der Waals surface area contributed by atoms with E-state index in [0.29, 0.717) is 13.2 Å². The molecule has 4 heteroatoms. The number of hydrogen-bond acceptors (Lipinski definition) is 3. The summed E-state index contributed by atoms with van der Waals surface area (Å²) in [5.74, 6) is -1.25. The van der Waals surface area contributed by atoms with Crippen molar-refractivity contribution < 1.29 is 19.2 Å². The van der Waals surface area contributed by atoms with Crippen molar-refractivity contribution in [2.75, 3.05) is 13.2 Å². The third kappa shape index (κ3) is 1.50. The van der Waals surface area contributed by atoms with Crippen LogP contribution in [0.1, 0.15) is 13.8 Å². The summed E-state index contributed by atoms with van der Waals surface area (Å²) in [6.07, 6.45) is 0. The highest BCUT2D eigenvalue weighted by Crippen LogP contribution is 1.99. The van der Waals surface area contributed by atoms with Crippen molar-refractivity contribution in [2.45, 2.75) is 19.9 Å². The van der Waals surface area contributed by atoms with Crippen LogP contribution in [0, 0.1) is 0 Å². The lowest BCUT2D eigenvalue weighted by molar-refractivity contribution is -0.550. The first-order chi connectivity index (χ1) is 5.13. The fourth-order valence-electron chi connectivity index (χ4n) is 1.09. The van der Waals surface area contributed by atoms with Gasteiger partial charge >= 0.3 is 5.90 Å². The minimum absolute atomic E-state index is 0.0278.